The number of benzene rings is 2. The molecule has 0 aliphatic heterocycles. The fraction of sp³-hybridized carbons (Fsp3) is 0.318. The van der Waals surface area contributed by atoms with E-state index >= 15 is 0 Å². The molecule has 3 rings (SSSR count). The highest BCUT2D eigenvalue weighted by molar-refractivity contribution is 8.01. The maximum absolute atomic E-state index is 11.9. The second-order valence-electron chi connectivity index (χ2n) is 6.89. The third-order valence-electron chi connectivity index (χ3n) is 4.25. The molecule has 29 heavy (non-hydrogen) atoms. The van der Waals surface area contributed by atoms with Crippen LogP contribution in [0.3, 0.4) is 0 Å². The number of nitrogens with zero attached hydrogens (tertiary/aromatic N) is 1. The first kappa shape index (κ1) is 21.3. The number of carbonyl (C=O) groups is 2. The molecule has 3 aromatic rings. The number of ether oxygens (including phenoxy) is 1. The van der Waals surface area contributed by atoms with Crippen molar-refractivity contribution < 1.29 is 14.3 Å². The first-order chi connectivity index (χ1) is 14.0. The van der Waals surface area contributed by atoms with E-state index in [1.54, 1.807) is 23.1 Å². The molecule has 0 saturated heterocycles. The van der Waals surface area contributed by atoms with Crippen LogP contribution in [-0.4, -0.2) is 29.2 Å². The van der Waals surface area contributed by atoms with Gasteiger partial charge >= 0.3 is 5.97 Å². The highest BCUT2D eigenvalue weighted by Gasteiger charge is 2.09. The van der Waals surface area contributed by atoms with Crippen molar-refractivity contribution in [3.8, 4) is 0 Å². The maximum Gasteiger partial charge on any atom is 0.306 e. The van der Waals surface area contributed by atoms with Crippen LogP contribution in [0.25, 0.3) is 10.2 Å². The number of aromatic nitrogens is 1. The average Bonchev–Trinajstić information content (AvgIpc) is 3.13. The molecule has 0 spiro atoms. The molecule has 5 nitrogen and oxygen atoms in total. The zero-order valence-corrected chi connectivity index (χ0v) is 18.1. The predicted octanol–water partition coefficient (Wildman–Crippen LogP) is 5.47. The molecule has 0 fully saturated rings. The van der Waals surface area contributed by atoms with Crippen molar-refractivity contribution in [1.82, 2.24) is 4.98 Å². The van der Waals surface area contributed by atoms with Gasteiger partial charge in [0.25, 0.3) is 5.91 Å². The second-order valence-corrected chi connectivity index (χ2v) is 9.26. The molecule has 1 aromatic heterocycles. The van der Waals surface area contributed by atoms with E-state index in [2.05, 4.69) is 30.2 Å². The van der Waals surface area contributed by atoms with Crippen LogP contribution < -0.4 is 5.32 Å². The number of carbonyl (C=O) groups excluding carboxylic acids is 2. The van der Waals surface area contributed by atoms with Gasteiger partial charge in [-0.25, -0.2) is 4.98 Å². The molecule has 0 unspecified atom stereocenters. The van der Waals surface area contributed by atoms with Gasteiger partial charge in [0.2, 0.25) is 0 Å². The SMILES string of the molecule is CC(C)c1ccc(NC(=O)COC(=O)CCCSc2nc3ccccc3s2)cc1. The zero-order chi connectivity index (χ0) is 20.6. The Morgan fingerprint density at radius 1 is 1.14 bits per heavy atom. The van der Waals surface area contributed by atoms with E-state index in [9.17, 15) is 9.59 Å². The van der Waals surface area contributed by atoms with Gasteiger partial charge < -0.3 is 10.1 Å². The van der Waals surface area contributed by atoms with E-state index in [0.29, 0.717) is 18.0 Å². The van der Waals surface area contributed by atoms with Gasteiger partial charge in [0.05, 0.1) is 10.2 Å². The molecule has 1 amide bonds. The highest BCUT2D eigenvalue weighted by atomic mass is 32.2. The molecule has 2 aromatic carbocycles. The second kappa shape index (κ2) is 10.4. The van der Waals surface area contributed by atoms with Crippen LogP contribution in [0.2, 0.25) is 0 Å². The molecule has 0 bridgehead atoms. The van der Waals surface area contributed by atoms with Crippen LogP contribution in [0.5, 0.6) is 0 Å². The minimum atomic E-state index is -0.361. The van der Waals surface area contributed by atoms with Crippen LogP contribution in [0.15, 0.2) is 52.9 Å². The summed E-state index contributed by atoms with van der Waals surface area (Å²) in [6.07, 6.45) is 0.964. The van der Waals surface area contributed by atoms with Crippen molar-refractivity contribution in [3.05, 3.63) is 54.1 Å². The van der Waals surface area contributed by atoms with Crippen LogP contribution in [0.1, 0.15) is 38.2 Å². The van der Waals surface area contributed by atoms with Gasteiger partial charge in [-0.15, -0.1) is 11.3 Å². The summed E-state index contributed by atoms with van der Waals surface area (Å²) in [7, 11) is 0. The highest BCUT2D eigenvalue weighted by Crippen LogP contribution is 2.29. The lowest BCUT2D eigenvalue weighted by molar-refractivity contribution is -0.147. The number of hydrogen-bond acceptors (Lipinski definition) is 6. The molecular formula is C22H24N2O3S2. The van der Waals surface area contributed by atoms with Crippen molar-refractivity contribution in [3.63, 3.8) is 0 Å². The summed E-state index contributed by atoms with van der Waals surface area (Å²) in [6, 6.07) is 15.7. The Bertz CT molecular complexity index is 935. The van der Waals surface area contributed by atoms with Gasteiger partial charge in [0.1, 0.15) is 0 Å². The summed E-state index contributed by atoms with van der Waals surface area (Å²) in [5.41, 5.74) is 2.91. The summed E-state index contributed by atoms with van der Waals surface area (Å²) in [5.74, 6) is 0.525. The molecular weight excluding hydrogens is 404 g/mol. The molecule has 7 heteroatoms. The van der Waals surface area contributed by atoms with Crippen molar-refractivity contribution >= 4 is 50.9 Å². The van der Waals surface area contributed by atoms with E-state index in [-0.39, 0.29) is 24.9 Å². The Morgan fingerprint density at radius 3 is 2.62 bits per heavy atom. The number of anilines is 1. The Labute approximate surface area is 178 Å². The number of nitrogens with one attached hydrogen (secondary N) is 1. The van der Waals surface area contributed by atoms with Crippen LogP contribution in [-0.2, 0) is 14.3 Å². The number of thiazole rings is 1. The normalized spacial score (nSPS) is 11.0. The van der Waals surface area contributed by atoms with Gasteiger partial charge in [0.15, 0.2) is 10.9 Å². The maximum atomic E-state index is 11.9. The van der Waals surface area contributed by atoms with Gasteiger partial charge in [0, 0.05) is 17.9 Å². The third-order valence-corrected chi connectivity index (χ3v) is 6.52. The molecule has 0 saturated carbocycles. The summed E-state index contributed by atoms with van der Waals surface area (Å²) < 4.78 is 7.23. The van der Waals surface area contributed by atoms with Crippen molar-refractivity contribution in [2.75, 3.05) is 17.7 Å². The largest absolute Gasteiger partial charge is 0.456 e. The van der Waals surface area contributed by atoms with Gasteiger partial charge in [-0.1, -0.05) is 49.9 Å². The summed E-state index contributed by atoms with van der Waals surface area (Å²) >= 11 is 3.29. The summed E-state index contributed by atoms with van der Waals surface area (Å²) in [6.45, 7) is 3.96. The number of fused-ring (bicyclic) bond motifs is 1. The topological polar surface area (TPSA) is 68.3 Å². The van der Waals surface area contributed by atoms with Crippen LogP contribution in [0, 0.1) is 0 Å². The lowest BCUT2D eigenvalue weighted by Gasteiger charge is -2.09. The Hall–Kier alpha value is -2.38. The lowest BCUT2D eigenvalue weighted by Crippen LogP contribution is -2.20. The molecule has 0 aliphatic carbocycles. The first-order valence-corrected chi connectivity index (χ1v) is 11.4. The lowest BCUT2D eigenvalue weighted by atomic mass is 10.0. The van der Waals surface area contributed by atoms with Crippen LogP contribution in [0.4, 0.5) is 5.69 Å². The quantitative estimate of drug-likeness (QED) is 0.278. The van der Waals surface area contributed by atoms with Crippen molar-refractivity contribution in [1.29, 1.82) is 0 Å². The van der Waals surface area contributed by atoms with E-state index in [4.69, 9.17) is 4.74 Å². The third kappa shape index (κ3) is 6.58. The Morgan fingerprint density at radius 2 is 1.90 bits per heavy atom. The molecule has 152 valence electrons. The van der Waals surface area contributed by atoms with Gasteiger partial charge in [-0.05, 0) is 42.2 Å². The number of amides is 1. The van der Waals surface area contributed by atoms with Gasteiger partial charge in [-0.3, -0.25) is 9.59 Å². The predicted molar refractivity (Wildman–Crippen MR) is 120 cm³/mol. The fourth-order valence-electron chi connectivity index (χ4n) is 2.66. The molecule has 0 aliphatic rings. The first-order valence-electron chi connectivity index (χ1n) is 9.55. The molecule has 0 atom stereocenters. The van der Waals surface area contributed by atoms with E-state index in [0.717, 1.165) is 15.6 Å². The number of hydrogen-bond donors (Lipinski definition) is 1. The van der Waals surface area contributed by atoms with E-state index in [1.165, 1.54) is 10.3 Å². The number of esters is 1. The standard InChI is InChI=1S/C22H24N2O3S2/c1-15(2)16-9-11-17(12-10-16)23-20(25)14-27-21(26)8-5-13-28-22-24-18-6-3-4-7-19(18)29-22/h3-4,6-7,9-12,15H,5,8,13-14H2,1-2H3,(H,23,25). The van der Waals surface area contributed by atoms with Crippen LogP contribution >= 0.6 is 23.1 Å². The zero-order valence-electron chi connectivity index (χ0n) is 16.5. The summed E-state index contributed by atoms with van der Waals surface area (Å²) in [5, 5.41) is 2.74. The van der Waals surface area contributed by atoms with E-state index < -0.39 is 0 Å². The molecule has 1 heterocycles. The van der Waals surface area contributed by atoms with E-state index in [1.807, 2.05) is 42.5 Å². The smallest absolute Gasteiger partial charge is 0.306 e. The van der Waals surface area contributed by atoms with Crippen molar-refractivity contribution in [2.24, 2.45) is 0 Å². The fourth-order valence-corrected chi connectivity index (χ4v) is 4.73. The number of thioether (sulfide) groups is 1. The Balaban J connectivity index is 1.32. The minimum Gasteiger partial charge on any atom is -0.456 e. The molecule has 1 N–H and O–H groups in total. The number of rotatable bonds is 9. The average molecular weight is 429 g/mol. The monoisotopic (exact) mass is 428 g/mol. The molecule has 0 radical (unpaired) electrons. The van der Waals surface area contributed by atoms with Crippen molar-refractivity contribution in [2.45, 2.75) is 36.9 Å². The minimum absolute atomic E-state index is 0.268. The van der Waals surface area contributed by atoms with Gasteiger partial charge in [-0.2, -0.15) is 0 Å². The summed E-state index contributed by atoms with van der Waals surface area (Å²) in [4.78, 5) is 28.3. The number of para-hydroxylation sites is 1. The Kier molecular flexibility index (Phi) is 7.66.